The van der Waals surface area contributed by atoms with Crippen molar-refractivity contribution in [3.05, 3.63) is 48.6 Å². The van der Waals surface area contributed by atoms with E-state index >= 15 is 0 Å². The molecule has 576 valence electrons. The van der Waals surface area contributed by atoms with Gasteiger partial charge in [0.05, 0.1) is 78.3 Å². The van der Waals surface area contributed by atoms with Crippen molar-refractivity contribution < 1.29 is 101 Å². The summed E-state index contributed by atoms with van der Waals surface area (Å²) in [5, 5.41) is 18.4. The topological polar surface area (TPSA) is 256 Å². The van der Waals surface area contributed by atoms with Crippen molar-refractivity contribution in [3.8, 4) is 0 Å². The minimum atomic E-state index is -3.07. The second-order valence-electron chi connectivity index (χ2n) is 29.8. The van der Waals surface area contributed by atoms with Crippen LogP contribution >= 0.6 is 0 Å². The molecule has 98 heavy (non-hydrogen) atoms. The predicted molar refractivity (Wildman–Crippen MR) is 410 cm³/mol. The largest absolute Gasteiger partial charge is 0.462 e. The third-order valence-electron chi connectivity index (χ3n) is 15.1. The van der Waals surface area contributed by atoms with Crippen LogP contribution in [-0.2, 0) is 91.2 Å². The number of aliphatic hydroxyl groups is 2. The SMILES string of the molecule is C=C(C)C(=O)OCCC[Si](C)(C)OC(C)OC(C)O[Si](C)(C)O[Si](C)(C)CCCOC(=O)C(=C)C.C=C(C)C(=O)OCCC[Si](C)(C)O[Si](C)(C)O[Si](C)(CC(C)CCOCC(CC)OCCO)O[Si](C)(CC(C)CCOCC(CC)OCCO)O[Si](C)(C)CCCOC(=O)C(=C)C. The van der Waals surface area contributed by atoms with Crippen molar-refractivity contribution >= 4 is 91.4 Å². The summed E-state index contributed by atoms with van der Waals surface area (Å²) in [6.07, 6.45) is 5.01. The Balaban J connectivity index is 0. The maximum atomic E-state index is 12.1. The van der Waals surface area contributed by atoms with Crippen molar-refractivity contribution in [1.82, 2.24) is 0 Å². The van der Waals surface area contributed by atoms with E-state index in [1.165, 1.54) is 0 Å². The number of carbonyl (C=O) groups excluding carboxylic acids is 4. The fourth-order valence-electron chi connectivity index (χ4n) is 11.2. The average molecular weight is 1530 g/mol. The van der Waals surface area contributed by atoms with Crippen molar-refractivity contribution in [1.29, 1.82) is 0 Å². The molecule has 0 bridgehead atoms. The average Bonchev–Trinajstić information content (AvgIpc) is 0.798. The summed E-state index contributed by atoms with van der Waals surface area (Å²) in [7, 11) is -20.0. The quantitative estimate of drug-likeness (QED) is 0.0143. The van der Waals surface area contributed by atoms with E-state index in [2.05, 4.69) is 119 Å². The van der Waals surface area contributed by atoms with Crippen LogP contribution in [0.25, 0.3) is 0 Å². The molecule has 0 aromatic heterocycles. The van der Waals surface area contributed by atoms with Gasteiger partial charge in [-0.2, -0.15) is 0 Å². The molecule has 0 rings (SSSR count). The molecule has 0 fully saturated rings. The van der Waals surface area contributed by atoms with Gasteiger partial charge in [0.25, 0.3) is 0 Å². The Morgan fingerprint density at radius 3 is 1.02 bits per heavy atom. The normalized spacial score (nSPS) is 15.6. The summed E-state index contributed by atoms with van der Waals surface area (Å²) in [4.78, 5) is 47.1. The van der Waals surface area contributed by atoms with E-state index in [-0.39, 0.29) is 61.1 Å². The second-order valence-corrected chi connectivity index (χ2v) is 61.4. The van der Waals surface area contributed by atoms with Crippen molar-refractivity contribution in [2.45, 2.75) is 273 Å². The summed E-state index contributed by atoms with van der Waals surface area (Å²) < 4.78 is 98.9. The highest BCUT2D eigenvalue weighted by Gasteiger charge is 2.51. The fourth-order valence-corrected chi connectivity index (χ4v) is 47.5. The van der Waals surface area contributed by atoms with Crippen LogP contribution in [0.3, 0.4) is 0 Å². The first kappa shape index (κ1) is 98.1. The summed E-state index contributed by atoms with van der Waals surface area (Å²) in [6, 6.07) is 4.72. The van der Waals surface area contributed by atoms with Crippen LogP contribution < -0.4 is 0 Å². The minimum Gasteiger partial charge on any atom is -0.462 e. The number of carbonyl (C=O) groups is 4. The Morgan fingerprint density at radius 2 is 0.694 bits per heavy atom. The Hall–Kier alpha value is -1.98. The third kappa shape index (κ3) is 51.2. The van der Waals surface area contributed by atoms with E-state index in [1.54, 1.807) is 27.7 Å². The molecule has 0 aromatic rings. The molecule has 0 saturated carbocycles. The van der Waals surface area contributed by atoms with Gasteiger partial charge in [-0.25, -0.2) is 19.2 Å². The van der Waals surface area contributed by atoms with E-state index in [0.717, 1.165) is 68.7 Å². The van der Waals surface area contributed by atoms with Crippen LogP contribution in [0, 0.1) is 11.8 Å². The maximum absolute atomic E-state index is 12.1. The van der Waals surface area contributed by atoms with Gasteiger partial charge in [-0.1, -0.05) is 54.0 Å². The lowest BCUT2D eigenvalue weighted by Crippen LogP contribution is -2.61. The molecule has 0 saturated heterocycles. The van der Waals surface area contributed by atoms with Gasteiger partial charge in [0.1, 0.15) is 12.6 Å². The lowest BCUT2D eigenvalue weighted by Gasteiger charge is -2.46. The zero-order valence-electron chi connectivity index (χ0n) is 65.7. The molecule has 0 aliphatic heterocycles. The van der Waals surface area contributed by atoms with Gasteiger partial charge in [0, 0.05) is 35.5 Å². The van der Waals surface area contributed by atoms with Gasteiger partial charge >= 0.3 is 58.1 Å². The van der Waals surface area contributed by atoms with Gasteiger partial charge in [0.15, 0.2) is 33.3 Å². The third-order valence-corrected chi connectivity index (χ3v) is 45.5. The number of rotatable bonds is 58. The van der Waals surface area contributed by atoms with Gasteiger partial charge in [0.2, 0.25) is 0 Å². The van der Waals surface area contributed by atoms with Crippen LogP contribution in [0.4, 0.5) is 0 Å². The van der Waals surface area contributed by atoms with Gasteiger partial charge < -0.3 is 82.3 Å². The number of hydrogen-bond donors (Lipinski definition) is 2. The summed E-state index contributed by atoms with van der Waals surface area (Å²) in [5.74, 6) is -1.06. The molecule has 2 N–H and O–H groups in total. The van der Waals surface area contributed by atoms with Crippen LogP contribution in [0.5, 0.6) is 0 Å². The van der Waals surface area contributed by atoms with Gasteiger partial charge in [-0.15, -0.1) is 0 Å². The highest BCUT2D eigenvalue weighted by atomic mass is 28.5. The molecule has 0 spiro atoms. The van der Waals surface area contributed by atoms with E-state index in [1.807, 2.05) is 40.8 Å². The number of aliphatic hydroxyl groups excluding tert-OH is 2. The van der Waals surface area contributed by atoms with Crippen LogP contribution in [0.15, 0.2) is 48.6 Å². The Kier molecular flexibility index (Phi) is 49.7. The highest BCUT2D eigenvalue weighted by Crippen LogP contribution is 2.37. The number of hydrogen-bond acceptors (Lipinski definition) is 22. The molecule has 0 amide bonds. The van der Waals surface area contributed by atoms with Crippen molar-refractivity contribution in [3.63, 3.8) is 0 Å². The summed E-state index contributed by atoms with van der Waals surface area (Å²) in [5.41, 5.74) is 1.57. The molecule has 30 heteroatoms. The van der Waals surface area contributed by atoms with E-state index in [0.29, 0.717) is 107 Å². The monoisotopic (exact) mass is 1530 g/mol. The Bertz CT molecular complexity index is 2330. The fraction of sp³-hybridized carbons (Fsp3) is 0.824. The molecule has 8 unspecified atom stereocenters. The molecule has 22 nitrogen and oxygen atoms in total. The lowest BCUT2D eigenvalue weighted by atomic mass is 10.1. The van der Waals surface area contributed by atoms with Crippen LogP contribution in [-0.4, -0.2) is 206 Å². The molecule has 8 atom stereocenters. The first-order chi connectivity index (χ1) is 45.1. The van der Waals surface area contributed by atoms with Crippen LogP contribution in [0.2, 0.25) is 128 Å². The molecule has 0 heterocycles. The number of ether oxygens (including phenoxy) is 9. The summed E-state index contributed by atoms with van der Waals surface area (Å²) in [6.45, 7) is 67.2. The Labute approximate surface area is 602 Å². The van der Waals surface area contributed by atoms with Crippen molar-refractivity contribution in [2.24, 2.45) is 11.8 Å². The highest BCUT2D eigenvalue weighted by molar-refractivity contribution is 6.91. The molecular formula is C68H140O22Si8. The van der Waals surface area contributed by atoms with Gasteiger partial charge in [-0.3, -0.25) is 0 Å². The number of esters is 4. The standard InChI is InChI=1S/C44H92O14Si5.C24H48O8Si3/c1-17-41(51-29-23-45)33-49-27-21-39(7)35-62(15,56-60(11,12)32-20-26-54-44(48)38(5)6)58-63(16,36-40(8)22-28-50-34-42(18-2)52-30-24-46)57-61(13,14)55-59(9,10)31-19-25-53-43(47)37(3)4;1-19(2)23(25)27-15-13-17-33(7,8)30-21(5)29-22(6)31-35(11,12)32-34(9,10)18-14-16-28-24(26)20(3)4/h39-42,45-46H,3,5,17-36H2,1-2,4,6-16H3;21-22H,1,3,13-18H2,2,4-12H3. The smallest absolute Gasteiger partial charge is 0.333 e. The summed E-state index contributed by atoms with van der Waals surface area (Å²) >= 11 is 0. The lowest BCUT2D eigenvalue weighted by molar-refractivity contribution is -0.178. The molecule has 0 aromatic carbocycles. The zero-order valence-corrected chi connectivity index (χ0v) is 73.7. The Morgan fingerprint density at radius 1 is 0.388 bits per heavy atom. The van der Waals surface area contributed by atoms with E-state index in [9.17, 15) is 29.4 Å². The predicted octanol–water partition coefficient (Wildman–Crippen LogP) is 14.9. The molecule has 0 aliphatic rings. The van der Waals surface area contributed by atoms with Crippen LogP contribution in [0.1, 0.15) is 121 Å². The molecular weight excluding hydrogens is 1390 g/mol. The molecule has 0 radical (unpaired) electrons. The van der Waals surface area contributed by atoms with Gasteiger partial charge in [-0.05, 0) is 233 Å². The first-order valence-electron chi connectivity index (χ1n) is 35.5. The second kappa shape index (κ2) is 49.7. The van der Waals surface area contributed by atoms with E-state index in [4.69, 9.17) is 72.1 Å². The zero-order chi connectivity index (χ0) is 75.8. The first-order valence-corrected chi connectivity index (χ1v) is 58.7. The van der Waals surface area contributed by atoms with Crippen molar-refractivity contribution in [2.75, 3.05) is 79.3 Å². The maximum Gasteiger partial charge on any atom is 0.333 e. The van der Waals surface area contributed by atoms with E-state index < -0.39 is 80.1 Å². The molecule has 0 aliphatic carbocycles. The minimum absolute atomic E-state index is 0.0181.